The van der Waals surface area contributed by atoms with Crippen molar-refractivity contribution >= 4 is 28.9 Å². The molecule has 0 fully saturated rings. The molecule has 1 amide bonds. The van der Waals surface area contributed by atoms with Crippen LogP contribution in [0.25, 0.3) is 0 Å². The van der Waals surface area contributed by atoms with E-state index in [0.29, 0.717) is 32.6 Å². The highest BCUT2D eigenvalue weighted by atomic mass is 32.2. The van der Waals surface area contributed by atoms with Gasteiger partial charge in [0.05, 0.1) is 0 Å². The van der Waals surface area contributed by atoms with Crippen LogP contribution < -0.4 is 0 Å². The van der Waals surface area contributed by atoms with Gasteiger partial charge in [-0.25, -0.2) is 0 Å². The van der Waals surface area contributed by atoms with Crippen molar-refractivity contribution in [2.45, 2.75) is 156 Å². The van der Waals surface area contributed by atoms with Gasteiger partial charge in [-0.05, 0) is 76.6 Å². The lowest BCUT2D eigenvalue weighted by Crippen LogP contribution is -2.29. The minimum atomic E-state index is -0.146. The van der Waals surface area contributed by atoms with E-state index in [1.54, 1.807) is 0 Å². The maximum atomic E-state index is 13.2. The Morgan fingerprint density at radius 3 is 1.67 bits per heavy atom. The number of benzene rings is 1. The fourth-order valence-electron chi connectivity index (χ4n) is 5.39. The molecule has 52 heavy (non-hydrogen) atoms. The molecule has 0 aliphatic rings. The van der Waals surface area contributed by atoms with Crippen molar-refractivity contribution in [3.05, 3.63) is 59.7 Å². The molecular weight excluding hydrogens is 669 g/mol. The molecule has 0 spiro atoms. The molecule has 0 bridgehead atoms. The molecule has 0 saturated heterocycles. The summed E-state index contributed by atoms with van der Waals surface area (Å²) in [5, 5.41) is 0.124. The number of esters is 2. The Bertz CT molecular complexity index is 1060. The smallest absolute Gasteiger partial charge is 0.306 e. The minimum absolute atomic E-state index is 0.118. The lowest BCUT2D eigenvalue weighted by molar-refractivity contribution is -0.143. The standard InChI is InChI=1S/C42H70N2O5S.C2H6/c1-5-7-9-11-13-18-22-34-48-40(45)26-20-16-15-17-21-32-44(42(47)50-36-33-43(3)4)37-39-30-28-38(29-31-39)25-24-27-41(46)49-35-23-19-14-12-10-8-6-2;1-2/h18-19,22-23,28-31H,5-17,20-21,24-27,32-37H2,1-4H3;1-2H3/b22-18-,23-19-;. The molecule has 298 valence electrons. The molecule has 1 aromatic rings. The summed E-state index contributed by atoms with van der Waals surface area (Å²) in [6.07, 6.45) is 27.5. The highest BCUT2D eigenvalue weighted by Gasteiger charge is 2.15. The van der Waals surface area contributed by atoms with Crippen molar-refractivity contribution in [2.24, 2.45) is 0 Å². The van der Waals surface area contributed by atoms with Gasteiger partial charge in [0.25, 0.3) is 5.24 Å². The van der Waals surface area contributed by atoms with Gasteiger partial charge in [0, 0.05) is 38.2 Å². The van der Waals surface area contributed by atoms with Gasteiger partial charge in [0.1, 0.15) is 13.2 Å². The Balaban J connectivity index is 0.0000128. The Hall–Kier alpha value is -2.58. The minimum Gasteiger partial charge on any atom is -0.461 e. The molecule has 0 aromatic heterocycles. The summed E-state index contributed by atoms with van der Waals surface area (Å²) in [4.78, 5) is 41.4. The van der Waals surface area contributed by atoms with Gasteiger partial charge in [0.15, 0.2) is 0 Å². The van der Waals surface area contributed by atoms with E-state index in [4.69, 9.17) is 9.47 Å². The molecule has 0 saturated carbocycles. The predicted molar refractivity (Wildman–Crippen MR) is 223 cm³/mol. The maximum Gasteiger partial charge on any atom is 0.306 e. The van der Waals surface area contributed by atoms with Gasteiger partial charge in [0.2, 0.25) is 0 Å². The molecule has 0 heterocycles. The molecule has 0 aliphatic heterocycles. The van der Waals surface area contributed by atoms with Gasteiger partial charge in [-0.2, -0.15) is 0 Å². The van der Waals surface area contributed by atoms with Gasteiger partial charge < -0.3 is 19.3 Å². The number of thioether (sulfide) groups is 1. The van der Waals surface area contributed by atoms with Crippen molar-refractivity contribution in [2.75, 3.05) is 46.2 Å². The number of unbranched alkanes of at least 4 members (excludes halogenated alkanes) is 12. The molecular formula is C44H76N2O5S. The van der Waals surface area contributed by atoms with Gasteiger partial charge in [-0.3, -0.25) is 14.4 Å². The van der Waals surface area contributed by atoms with Crippen LogP contribution in [0, 0.1) is 0 Å². The highest BCUT2D eigenvalue weighted by Crippen LogP contribution is 2.17. The molecule has 0 radical (unpaired) electrons. The number of allylic oxidation sites excluding steroid dienone is 2. The first-order valence-electron chi connectivity index (χ1n) is 20.6. The first-order chi connectivity index (χ1) is 25.3. The second-order valence-electron chi connectivity index (χ2n) is 13.5. The highest BCUT2D eigenvalue weighted by molar-refractivity contribution is 8.13. The summed E-state index contributed by atoms with van der Waals surface area (Å²) in [5.41, 5.74) is 2.30. The zero-order chi connectivity index (χ0) is 38.5. The zero-order valence-electron chi connectivity index (χ0n) is 34.1. The third-order valence-electron chi connectivity index (χ3n) is 8.54. The van der Waals surface area contributed by atoms with Gasteiger partial charge in [-0.1, -0.05) is 146 Å². The second kappa shape index (κ2) is 36.8. The van der Waals surface area contributed by atoms with Crippen LogP contribution in [0.5, 0.6) is 0 Å². The van der Waals surface area contributed by atoms with Crippen molar-refractivity contribution < 1.29 is 23.9 Å². The van der Waals surface area contributed by atoms with E-state index >= 15 is 0 Å². The Morgan fingerprint density at radius 1 is 0.615 bits per heavy atom. The van der Waals surface area contributed by atoms with Crippen LogP contribution in [-0.4, -0.2) is 73.1 Å². The lowest BCUT2D eigenvalue weighted by atomic mass is 10.1. The Morgan fingerprint density at radius 2 is 1.12 bits per heavy atom. The third-order valence-corrected chi connectivity index (χ3v) is 9.43. The number of carbonyl (C=O) groups excluding carboxylic acids is 3. The van der Waals surface area contributed by atoms with Crippen LogP contribution in [0.3, 0.4) is 0 Å². The van der Waals surface area contributed by atoms with Crippen LogP contribution in [-0.2, 0) is 32.0 Å². The SMILES string of the molecule is CC.CCCCCC/C=C\COC(=O)CCCCCCCN(Cc1ccc(CCCC(=O)OC/C=C\CCCCCC)cc1)C(=O)SCCN(C)C. The molecule has 8 heteroatoms. The van der Waals surface area contributed by atoms with Crippen LogP contribution in [0.2, 0.25) is 0 Å². The van der Waals surface area contributed by atoms with Crippen molar-refractivity contribution in [3.63, 3.8) is 0 Å². The second-order valence-corrected chi connectivity index (χ2v) is 14.6. The molecule has 0 aliphatic carbocycles. The normalized spacial score (nSPS) is 11.2. The van der Waals surface area contributed by atoms with E-state index in [1.807, 2.05) is 45.0 Å². The van der Waals surface area contributed by atoms with Gasteiger partial charge >= 0.3 is 11.9 Å². The molecule has 0 N–H and O–H groups in total. The van der Waals surface area contributed by atoms with E-state index in [0.717, 1.165) is 82.2 Å². The fourth-order valence-corrected chi connectivity index (χ4v) is 6.36. The molecule has 7 nitrogen and oxygen atoms in total. The van der Waals surface area contributed by atoms with Crippen molar-refractivity contribution in [3.8, 4) is 0 Å². The number of nitrogens with zero attached hydrogens (tertiary/aromatic N) is 2. The van der Waals surface area contributed by atoms with Crippen LogP contribution in [0.4, 0.5) is 4.79 Å². The molecule has 0 atom stereocenters. The summed E-state index contributed by atoms with van der Waals surface area (Å²) in [7, 11) is 4.05. The zero-order valence-corrected chi connectivity index (χ0v) is 35.0. The molecule has 1 aromatic carbocycles. The van der Waals surface area contributed by atoms with E-state index in [1.165, 1.54) is 68.7 Å². The number of rotatable bonds is 31. The first kappa shape index (κ1) is 49.4. The monoisotopic (exact) mass is 745 g/mol. The van der Waals surface area contributed by atoms with E-state index in [-0.39, 0.29) is 17.2 Å². The number of hydrogen-bond acceptors (Lipinski definition) is 7. The summed E-state index contributed by atoms with van der Waals surface area (Å²) in [6, 6.07) is 8.43. The topological polar surface area (TPSA) is 76.1 Å². The Labute approximate surface area is 323 Å². The quantitative estimate of drug-likeness (QED) is 0.0425. The maximum absolute atomic E-state index is 13.2. The number of carbonyl (C=O) groups is 3. The summed E-state index contributed by atoms with van der Waals surface area (Å²) in [6.45, 7) is 11.3. The fraction of sp³-hybridized carbons (Fsp3) is 0.705. The number of amides is 1. The largest absolute Gasteiger partial charge is 0.461 e. The van der Waals surface area contributed by atoms with E-state index in [9.17, 15) is 14.4 Å². The van der Waals surface area contributed by atoms with Crippen molar-refractivity contribution in [1.82, 2.24) is 9.80 Å². The number of ether oxygens (including phenoxy) is 2. The average molecular weight is 745 g/mol. The summed E-state index contributed by atoms with van der Waals surface area (Å²) in [5.74, 6) is 0.504. The van der Waals surface area contributed by atoms with E-state index in [2.05, 4.69) is 55.2 Å². The van der Waals surface area contributed by atoms with Crippen LogP contribution >= 0.6 is 11.8 Å². The summed E-state index contributed by atoms with van der Waals surface area (Å²) >= 11 is 1.39. The molecule has 0 unspecified atom stereocenters. The predicted octanol–water partition coefficient (Wildman–Crippen LogP) is 11.7. The Kier molecular flexibility index (Phi) is 34.9. The third kappa shape index (κ3) is 31.0. The first-order valence-corrected chi connectivity index (χ1v) is 21.6. The van der Waals surface area contributed by atoms with Crippen LogP contribution in [0.1, 0.15) is 154 Å². The summed E-state index contributed by atoms with van der Waals surface area (Å²) < 4.78 is 10.7. The van der Waals surface area contributed by atoms with E-state index < -0.39 is 0 Å². The van der Waals surface area contributed by atoms with Gasteiger partial charge in [-0.15, -0.1) is 0 Å². The van der Waals surface area contributed by atoms with Crippen molar-refractivity contribution in [1.29, 1.82) is 0 Å². The van der Waals surface area contributed by atoms with Crippen LogP contribution in [0.15, 0.2) is 48.6 Å². The molecule has 1 rings (SSSR count). The lowest BCUT2D eigenvalue weighted by Gasteiger charge is -2.23. The number of hydrogen-bond donors (Lipinski definition) is 0. The number of aryl methyl sites for hydroxylation is 1. The average Bonchev–Trinajstić information content (AvgIpc) is 3.14.